The van der Waals surface area contributed by atoms with Crippen LogP contribution in [0.4, 0.5) is 0 Å². The van der Waals surface area contributed by atoms with Gasteiger partial charge in [-0.3, -0.25) is 9.59 Å². The van der Waals surface area contributed by atoms with Gasteiger partial charge in [0.05, 0.1) is 11.6 Å². The molecule has 2 amide bonds. The van der Waals surface area contributed by atoms with Crippen molar-refractivity contribution >= 4 is 11.8 Å². The number of carbonyl (C=O) groups excluding carboxylic acids is 2. The molecule has 0 spiro atoms. The van der Waals surface area contributed by atoms with Gasteiger partial charge < -0.3 is 14.5 Å². The topological polar surface area (TPSA) is 73.6 Å². The number of likely N-dealkylation sites (tertiary alicyclic amines) is 2. The maximum Gasteiger partial charge on any atom is 0.253 e. The second kappa shape index (κ2) is 10.3. The largest absolute Gasteiger partial charge is 0.489 e. The molecule has 0 N–H and O–H groups in total. The quantitative estimate of drug-likeness (QED) is 0.693. The van der Waals surface area contributed by atoms with Crippen molar-refractivity contribution in [3.8, 4) is 11.8 Å². The van der Waals surface area contributed by atoms with Crippen LogP contribution in [0.5, 0.6) is 5.75 Å². The van der Waals surface area contributed by atoms with Gasteiger partial charge in [-0.1, -0.05) is 24.3 Å². The molecule has 0 bridgehead atoms. The maximum atomic E-state index is 13.0. The van der Waals surface area contributed by atoms with E-state index in [2.05, 4.69) is 6.07 Å². The van der Waals surface area contributed by atoms with Crippen LogP contribution in [0.1, 0.15) is 53.6 Å². The number of rotatable bonds is 6. The monoisotopic (exact) mass is 431 g/mol. The molecule has 2 heterocycles. The molecule has 2 saturated heterocycles. The van der Waals surface area contributed by atoms with Gasteiger partial charge in [-0.15, -0.1) is 0 Å². The Morgan fingerprint density at radius 2 is 1.88 bits per heavy atom. The average Bonchev–Trinajstić information content (AvgIpc) is 2.84. The van der Waals surface area contributed by atoms with E-state index >= 15 is 0 Å². The van der Waals surface area contributed by atoms with E-state index in [1.807, 2.05) is 46.2 Å². The van der Waals surface area contributed by atoms with Crippen LogP contribution in [0.15, 0.2) is 48.5 Å². The molecule has 4 rings (SSSR count). The first-order valence-electron chi connectivity index (χ1n) is 11.4. The molecule has 0 atom stereocenters. The zero-order chi connectivity index (χ0) is 22.3. The lowest BCUT2D eigenvalue weighted by Crippen LogP contribution is -2.44. The minimum absolute atomic E-state index is 0.0142. The van der Waals surface area contributed by atoms with Crippen molar-refractivity contribution in [3.63, 3.8) is 0 Å². The molecule has 0 unspecified atom stereocenters. The molecule has 2 aromatic rings. The highest BCUT2D eigenvalue weighted by Crippen LogP contribution is 2.24. The van der Waals surface area contributed by atoms with Gasteiger partial charge in [-0.25, -0.2) is 0 Å². The number of amides is 2. The van der Waals surface area contributed by atoms with Gasteiger partial charge in [0.25, 0.3) is 5.91 Å². The lowest BCUT2D eigenvalue weighted by atomic mass is 9.94. The zero-order valence-electron chi connectivity index (χ0n) is 18.3. The summed E-state index contributed by atoms with van der Waals surface area (Å²) in [6.45, 7) is 3.41. The predicted molar refractivity (Wildman–Crippen MR) is 121 cm³/mol. The third-order valence-electron chi connectivity index (χ3n) is 6.41. The third-order valence-corrected chi connectivity index (χ3v) is 6.41. The van der Waals surface area contributed by atoms with Gasteiger partial charge in [0.2, 0.25) is 5.91 Å². The highest BCUT2D eigenvalue weighted by atomic mass is 16.5. The predicted octanol–water partition coefficient (Wildman–Crippen LogP) is 4.00. The van der Waals surface area contributed by atoms with Crippen LogP contribution in [0.3, 0.4) is 0 Å². The Kier molecular flexibility index (Phi) is 7.06. The SMILES string of the molecule is N#Cc1ccccc1COc1cccc(C(=O)N2CCC(CN3CCCCC3=O)CC2)c1. The Balaban J connectivity index is 1.31. The molecule has 0 saturated carbocycles. The maximum absolute atomic E-state index is 13.0. The number of nitrogens with zero attached hydrogens (tertiary/aromatic N) is 3. The molecule has 6 nitrogen and oxygen atoms in total. The molecule has 0 radical (unpaired) electrons. The molecule has 6 heteroatoms. The molecular formula is C26H29N3O3. The number of piperidine rings is 2. The fourth-order valence-corrected chi connectivity index (χ4v) is 4.50. The van der Waals surface area contributed by atoms with E-state index in [1.54, 1.807) is 12.1 Å². The van der Waals surface area contributed by atoms with Crippen molar-refractivity contribution in [2.75, 3.05) is 26.2 Å². The first-order valence-corrected chi connectivity index (χ1v) is 11.4. The fourth-order valence-electron chi connectivity index (χ4n) is 4.50. The van der Waals surface area contributed by atoms with Crippen LogP contribution >= 0.6 is 0 Å². The minimum Gasteiger partial charge on any atom is -0.489 e. The minimum atomic E-state index is 0.0142. The van der Waals surface area contributed by atoms with E-state index in [0.717, 1.165) is 44.3 Å². The van der Waals surface area contributed by atoms with Crippen LogP contribution in [-0.2, 0) is 11.4 Å². The highest BCUT2D eigenvalue weighted by Gasteiger charge is 2.27. The first-order chi connectivity index (χ1) is 15.6. The van der Waals surface area contributed by atoms with Crippen molar-refractivity contribution < 1.29 is 14.3 Å². The molecule has 166 valence electrons. The van der Waals surface area contributed by atoms with Crippen molar-refractivity contribution in [2.45, 2.75) is 38.7 Å². The van der Waals surface area contributed by atoms with Crippen LogP contribution in [0.2, 0.25) is 0 Å². The molecule has 0 aromatic heterocycles. The summed E-state index contributed by atoms with van der Waals surface area (Å²) in [5.74, 6) is 1.38. The van der Waals surface area contributed by atoms with Crippen LogP contribution < -0.4 is 4.74 Å². The van der Waals surface area contributed by atoms with E-state index in [-0.39, 0.29) is 18.4 Å². The molecular weight excluding hydrogens is 402 g/mol. The van der Waals surface area contributed by atoms with E-state index in [4.69, 9.17) is 4.74 Å². The average molecular weight is 432 g/mol. The summed E-state index contributed by atoms with van der Waals surface area (Å²) in [6.07, 6.45) is 4.64. The summed E-state index contributed by atoms with van der Waals surface area (Å²) >= 11 is 0. The summed E-state index contributed by atoms with van der Waals surface area (Å²) in [5, 5.41) is 9.23. The third kappa shape index (κ3) is 5.28. The van der Waals surface area contributed by atoms with Gasteiger partial charge in [0.15, 0.2) is 0 Å². The lowest BCUT2D eigenvalue weighted by molar-refractivity contribution is -0.134. The van der Waals surface area contributed by atoms with E-state index in [0.29, 0.717) is 42.3 Å². The second-order valence-corrected chi connectivity index (χ2v) is 8.62. The van der Waals surface area contributed by atoms with E-state index < -0.39 is 0 Å². The van der Waals surface area contributed by atoms with Crippen LogP contribution in [-0.4, -0.2) is 47.8 Å². The number of nitriles is 1. The van der Waals surface area contributed by atoms with Crippen molar-refractivity contribution in [2.24, 2.45) is 5.92 Å². The smallest absolute Gasteiger partial charge is 0.253 e. The summed E-state index contributed by atoms with van der Waals surface area (Å²) < 4.78 is 5.87. The fraction of sp³-hybridized carbons (Fsp3) is 0.423. The molecule has 2 aliphatic heterocycles. The number of hydrogen-bond donors (Lipinski definition) is 0. The van der Waals surface area contributed by atoms with Crippen molar-refractivity contribution in [3.05, 3.63) is 65.2 Å². The van der Waals surface area contributed by atoms with Gasteiger partial charge in [-0.2, -0.15) is 5.26 Å². The Morgan fingerprint density at radius 1 is 1.06 bits per heavy atom. The van der Waals surface area contributed by atoms with E-state index in [1.165, 1.54) is 0 Å². The first kappa shape index (κ1) is 21.9. The van der Waals surface area contributed by atoms with Gasteiger partial charge in [0, 0.05) is 43.7 Å². The van der Waals surface area contributed by atoms with Gasteiger partial charge in [-0.05, 0) is 55.9 Å². The number of carbonyl (C=O) groups is 2. The molecule has 2 fully saturated rings. The molecule has 0 aliphatic carbocycles. The standard InChI is InChI=1S/C26H29N3O3/c27-17-22-6-1-2-7-23(22)19-32-24-9-5-8-21(16-24)26(31)28-14-11-20(12-15-28)18-29-13-4-3-10-25(29)30/h1-2,5-9,16,20H,3-4,10-15,18-19H2. The van der Waals surface area contributed by atoms with Crippen molar-refractivity contribution in [1.29, 1.82) is 5.26 Å². The highest BCUT2D eigenvalue weighted by molar-refractivity contribution is 5.94. The van der Waals surface area contributed by atoms with Crippen LogP contribution in [0, 0.1) is 17.2 Å². The summed E-state index contributed by atoms with van der Waals surface area (Å²) in [6, 6.07) is 16.8. The van der Waals surface area contributed by atoms with Crippen molar-refractivity contribution in [1.82, 2.24) is 9.80 Å². The lowest BCUT2D eigenvalue weighted by Gasteiger charge is -2.36. The molecule has 2 aromatic carbocycles. The van der Waals surface area contributed by atoms with Gasteiger partial charge in [0.1, 0.15) is 12.4 Å². The Labute approximate surface area is 189 Å². The van der Waals surface area contributed by atoms with Gasteiger partial charge >= 0.3 is 0 Å². The van der Waals surface area contributed by atoms with E-state index in [9.17, 15) is 14.9 Å². The zero-order valence-corrected chi connectivity index (χ0v) is 18.3. The number of hydrogen-bond acceptors (Lipinski definition) is 4. The molecule has 32 heavy (non-hydrogen) atoms. The number of ether oxygens (including phenoxy) is 1. The Morgan fingerprint density at radius 3 is 2.66 bits per heavy atom. The normalized spacial score (nSPS) is 17.2. The summed E-state index contributed by atoms with van der Waals surface area (Å²) in [5.41, 5.74) is 2.02. The summed E-state index contributed by atoms with van der Waals surface area (Å²) in [4.78, 5) is 29.0. The Bertz CT molecular complexity index is 1010. The summed E-state index contributed by atoms with van der Waals surface area (Å²) in [7, 11) is 0. The Hall–Kier alpha value is -3.33. The second-order valence-electron chi connectivity index (χ2n) is 8.62. The molecule has 2 aliphatic rings. The number of benzene rings is 2. The van der Waals surface area contributed by atoms with Crippen LogP contribution in [0.25, 0.3) is 0 Å².